The van der Waals surface area contributed by atoms with E-state index in [0.717, 1.165) is 11.4 Å². The van der Waals surface area contributed by atoms with Crippen LogP contribution < -0.4 is 5.73 Å². The van der Waals surface area contributed by atoms with Crippen molar-refractivity contribution in [3.8, 4) is 0 Å². The van der Waals surface area contributed by atoms with Crippen LogP contribution in [0.3, 0.4) is 0 Å². The first-order valence-corrected chi connectivity index (χ1v) is 5.09. The minimum Gasteiger partial charge on any atom is -0.481 e. The molecule has 0 radical (unpaired) electrons. The summed E-state index contributed by atoms with van der Waals surface area (Å²) in [5.74, 6) is -0.307. The zero-order valence-corrected chi connectivity index (χ0v) is 8.68. The fraction of sp³-hybridized carbons (Fsp3) is 0.600. The molecule has 0 aliphatic heterocycles. The summed E-state index contributed by atoms with van der Waals surface area (Å²) in [6.45, 7) is 0. The molecular weight excluding hydrogens is 194 g/mol. The number of hydrogen-bond acceptors (Lipinski definition) is 3. The summed E-state index contributed by atoms with van der Waals surface area (Å²) in [4.78, 5) is 10.5. The van der Waals surface area contributed by atoms with Crippen LogP contribution in [0.25, 0.3) is 0 Å². The van der Waals surface area contributed by atoms with Crippen molar-refractivity contribution in [1.29, 1.82) is 0 Å². The Kier molecular flexibility index (Phi) is 2.48. The van der Waals surface area contributed by atoms with Gasteiger partial charge in [-0.15, -0.1) is 0 Å². The quantitative estimate of drug-likeness (QED) is 0.767. The Hall–Kier alpha value is -1.36. The molecule has 1 aromatic rings. The van der Waals surface area contributed by atoms with Crippen LogP contribution >= 0.6 is 0 Å². The average Bonchev–Trinajstić information content (AvgIpc) is 2.89. The summed E-state index contributed by atoms with van der Waals surface area (Å²) in [5, 5.41) is 13.0. The van der Waals surface area contributed by atoms with E-state index in [2.05, 4.69) is 5.10 Å². The van der Waals surface area contributed by atoms with Gasteiger partial charge in [0.15, 0.2) is 0 Å². The molecule has 5 heteroatoms. The molecule has 1 aliphatic rings. The largest absolute Gasteiger partial charge is 0.481 e. The molecule has 0 amide bonds. The van der Waals surface area contributed by atoms with E-state index in [4.69, 9.17) is 10.8 Å². The fourth-order valence-electron chi connectivity index (χ4n) is 1.72. The van der Waals surface area contributed by atoms with Crippen LogP contribution in [0.4, 0.5) is 0 Å². The number of rotatable bonds is 4. The highest BCUT2D eigenvalue weighted by molar-refractivity contribution is 5.67. The van der Waals surface area contributed by atoms with Crippen molar-refractivity contribution >= 4 is 5.97 Å². The number of carboxylic acid groups (broad SMARTS) is 1. The van der Waals surface area contributed by atoms with Gasteiger partial charge < -0.3 is 10.8 Å². The second kappa shape index (κ2) is 3.66. The Balaban J connectivity index is 2.15. The maximum absolute atomic E-state index is 10.5. The van der Waals surface area contributed by atoms with Gasteiger partial charge in [-0.3, -0.25) is 9.48 Å². The third-order valence-corrected chi connectivity index (χ3v) is 2.70. The van der Waals surface area contributed by atoms with E-state index in [1.807, 2.05) is 13.1 Å². The van der Waals surface area contributed by atoms with Gasteiger partial charge in [0.05, 0.1) is 23.9 Å². The van der Waals surface area contributed by atoms with Crippen molar-refractivity contribution in [1.82, 2.24) is 9.78 Å². The number of carboxylic acids is 1. The lowest BCUT2D eigenvalue weighted by molar-refractivity contribution is -0.137. The first-order chi connectivity index (χ1) is 7.08. The molecular formula is C10H15N3O2. The van der Waals surface area contributed by atoms with Crippen molar-refractivity contribution in [2.75, 3.05) is 0 Å². The predicted molar refractivity (Wildman–Crippen MR) is 54.4 cm³/mol. The van der Waals surface area contributed by atoms with E-state index < -0.39 is 12.0 Å². The van der Waals surface area contributed by atoms with Crippen LogP contribution in [0.2, 0.25) is 0 Å². The van der Waals surface area contributed by atoms with Gasteiger partial charge in [0.25, 0.3) is 0 Å². The Bertz CT molecular complexity index is 382. The Morgan fingerprint density at radius 2 is 2.47 bits per heavy atom. The topological polar surface area (TPSA) is 81.1 Å². The van der Waals surface area contributed by atoms with E-state index in [1.165, 1.54) is 12.8 Å². The highest BCUT2D eigenvalue weighted by Crippen LogP contribution is 2.39. The number of hydrogen-bond donors (Lipinski definition) is 2. The maximum Gasteiger partial charge on any atom is 0.305 e. The molecule has 0 saturated heterocycles. The first-order valence-electron chi connectivity index (χ1n) is 5.09. The van der Waals surface area contributed by atoms with Crippen LogP contribution in [-0.4, -0.2) is 20.9 Å². The molecule has 3 N–H and O–H groups in total. The number of aromatic nitrogens is 2. The summed E-state index contributed by atoms with van der Waals surface area (Å²) < 4.78 is 1.70. The molecule has 0 aromatic carbocycles. The zero-order valence-electron chi connectivity index (χ0n) is 8.68. The van der Waals surface area contributed by atoms with Gasteiger partial charge >= 0.3 is 5.97 Å². The highest BCUT2D eigenvalue weighted by atomic mass is 16.4. The lowest BCUT2D eigenvalue weighted by atomic mass is 10.1. The fourth-order valence-corrected chi connectivity index (χ4v) is 1.72. The molecule has 1 saturated carbocycles. The predicted octanol–water partition coefficient (Wildman–Crippen LogP) is 0.772. The highest BCUT2D eigenvalue weighted by Gasteiger charge is 2.28. The lowest BCUT2D eigenvalue weighted by Gasteiger charge is -2.08. The van der Waals surface area contributed by atoms with E-state index >= 15 is 0 Å². The van der Waals surface area contributed by atoms with E-state index in [0.29, 0.717) is 5.92 Å². The molecule has 1 unspecified atom stereocenters. The smallest absolute Gasteiger partial charge is 0.305 e. The SMILES string of the molecule is Cn1nc(C2CC2)cc1C(N)CC(=O)O. The second-order valence-electron chi connectivity index (χ2n) is 4.10. The monoisotopic (exact) mass is 209 g/mol. The van der Waals surface area contributed by atoms with Crippen molar-refractivity contribution in [3.05, 3.63) is 17.5 Å². The van der Waals surface area contributed by atoms with Crippen molar-refractivity contribution in [2.45, 2.75) is 31.2 Å². The molecule has 2 rings (SSSR count). The lowest BCUT2D eigenvalue weighted by Crippen LogP contribution is -2.18. The summed E-state index contributed by atoms with van der Waals surface area (Å²) >= 11 is 0. The van der Waals surface area contributed by atoms with E-state index in [1.54, 1.807) is 4.68 Å². The van der Waals surface area contributed by atoms with Crippen LogP contribution in [0.5, 0.6) is 0 Å². The molecule has 5 nitrogen and oxygen atoms in total. The Morgan fingerprint density at radius 1 is 1.80 bits per heavy atom. The van der Waals surface area contributed by atoms with Crippen LogP contribution in [0.1, 0.15) is 42.6 Å². The zero-order chi connectivity index (χ0) is 11.0. The Morgan fingerprint density at radius 3 is 3.00 bits per heavy atom. The summed E-state index contributed by atoms with van der Waals surface area (Å²) in [6, 6.07) is 1.47. The summed E-state index contributed by atoms with van der Waals surface area (Å²) in [6.07, 6.45) is 2.32. The summed E-state index contributed by atoms with van der Waals surface area (Å²) in [7, 11) is 1.81. The first kappa shape index (κ1) is 10.2. The van der Waals surface area contributed by atoms with Crippen molar-refractivity contribution < 1.29 is 9.90 Å². The molecule has 15 heavy (non-hydrogen) atoms. The molecule has 0 bridgehead atoms. The van der Waals surface area contributed by atoms with Gasteiger partial charge in [-0.1, -0.05) is 0 Å². The molecule has 1 aliphatic carbocycles. The molecule has 1 aromatic heterocycles. The van der Waals surface area contributed by atoms with Gasteiger partial charge in [0.1, 0.15) is 0 Å². The van der Waals surface area contributed by atoms with E-state index in [9.17, 15) is 4.79 Å². The van der Waals surface area contributed by atoms with Crippen molar-refractivity contribution in [3.63, 3.8) is 0 Å². The van der Waals surface area contributed by atoms with Crippen LogP contribution in [-0.2, 0) is 11.8 Å². The minimum atomic E-state index is -0.878. The minimum absolute atomic E-state index is 0.0519. The summed E-state index contributed by atoms with van der Waals surface area (Å²) in [5.41, 5.74) is 7.64. The standard InChI is InChI=1S/C10H15N3O2/c1-13-9(7(11)4-10(14)15)5-8(12-13)6-2-3-6/h5-7H,2-4,11H2,1H3,(H,14,15). The number of nitrogens with two attached hydrogens (primary N) is 1. The second-order valence-corrected chi connectivity index (χ2v) is 4.10. The number of aliphatic carboxylic acids is 1. The van der Waals surface area contributed by atoms with Gasteiger partial charge in [-0.2, -0.15) is 5.10 Å². The Labute approximate surface area is 87.9 Å². The van der Waals surface area contributed by atoms with Gasteiger partial charge in [-0.05, 0) is 18.9 Å². The van der Waals surface area contributed by atoms with Crippen molar-refractivity contribution in [2.24, 2.45) is 12.8 Å². The average molecular weight is 209 g/mol. The molecule has 0 spiro atoms. The van der Waals surface area contributed by atoms with Crippen LogP contribution in [0.15, 0.2) is 6.07 Å². The van der Waals surface area contributed by atoms with Gasteiger partial charge in [0.2, 0.25) is 0 Å². The molecule has 1 atom stereocenters. The van der Waals surface area contributed by atoms with Gasteiger partial charge in [0, 0.05) is 13.0 Å². The normalized spacial score (nSPS) is 17.7. The maximum atomic E-state index is 10.5. The third kappa shape index (κ3) is 2.18. The van der Waals surface area contributed by atoms with Gasteiger partial charge in [-0.25, -0.2) is 0 Å². The van der Waals surface area contributed by atoms with Crippen LogP contribution in [0, 0.1) is 0 Å². The molecule has 1 fully saturated rings. The number of carbonyl (C=O) groups is 1. The molecule has 82 valence electrons. The van der Waals surface area contributed by atoms with E-state index in [-0.39, 0.29) is 6.42 Å². The third-order valence-electron chi connectivity index (χ3n) is 2.70. The number of nitrogens with zero attached hydrogens (tertiary/aromatic N) is 2. The number of aryl methyl sites for hydroxylation is 1. The molecule has 1 heterocycles.